The molecule has 0 radical (unpaired) electrons. The monoisotopic (exact) mass is 348 g/mol. The largest absolute Gasteiger partial charge is 0.272 e. The van der Waals surface area contributed by atoms with E-state index in [0.717, 1.165) is 12.0 Å². The van der Waals surface area contributed by atoms with Crippen LogP contribution in [0.5, 0.6) is 0 Å². The molecule has 0 fully saturated rings. The molecule has 0 saturated heterocycles. The van der Waals surface area contributed by atoms with Gasteiger partial charge in [0.05, 0.1) is 26.6 Å². The van der Waals surface area contributed by atoms with E-state index in [2.05, 4.69) is 19.9 Å². The van der Waals surface area contributed by atoms with Crippen molar-refractivity contribution in [2.24, 2.45) is 5.92 Å². The summed E-state index contributed by atoms with van der Waals surface area (Å²) in [6, 6.07) is 10.1. The predicted octanol–water partition coefficient (Wildman–Crippen LogP) is 5.64. The predicted molar refractivity (Wildman–Crippen MR) is 91.8 cm³/mol. The third-order valence-corrected chi connectivity index (χ3v) is 3.95. The molecular weight excluding hydrogens is 335 g/mol. The summed E-state index contributed by atoms with van der Waals surface area (Å²) in [5, 5.41) is 20.6. The van der Waals surface area contributed by atoms with Crippen molar-refractivity contribution in [1.82, 2.24) is 0 Å². The first-order valence-corrected chi connectivity index (χ1v) is 7.76. The third-order valence-electron chi connectivity index (χ3n) is 3.36. The second kappa shape index (κ2) is 6.99. The van der Waals surface area contributed by atoms with Crippen molar-refractivity contribution in [1.29, 1.82) is 5.26 Å². The van der Waals surface area contributed by atoms with Crippen LogP contribution in [-0.2, 0) is 6.42 Å². The molecule has 2 aromatic carbocycles. The summed E-state index contributed by atoms with van der Waals surface area (Å²) in [4.78, 5) is 10.3. The zero-order chi connectivity index (χ0) is 17.1. The molecule has 0 spiro atoms. The van der Waals surface area contributed by atoms with Crippen LogP contribution >= 0.6 is 23.2 Å². The standard InChI is InChI=1S/C17H14Cl2N2O2/c1-10(2)5-11-3-4-14(12(6-11)9-20)17-15(18)7-13(21(22)23)8-16(17)19/h3-4,6-8,10H,5H2,1-2H3. The Morgan fingerprint density at radius 1 is 1.22 bits per heavy atom. The van der Waals surface area contributed by atoms with Gasteiger partial charge in [-0.2, -0.15) is 5.26 Å². The Labute approximate surface area is 144 Å². The van der Waals surface area contributed by atoms with Gasteiger partial charge in [-0.3, -0.25) is 10.1 Å². The highest BCUT2D eigenvalue weighted by atomic mass is 35.5. The molecule has 0 bridgehead atoms. The Balaban J connectivity index is 2.59. The van der Waals surface area contributed by atoms with Gasteiger partial charge >= 0.3 is 0 Å². The lowest BCUT2D eigenvalue weighted by molar-refractivity contribution is -0.384. The van der Waals surface area contributed by atoms with E-state index in [1.54, 1.807) is 6.07 Å². The van der Waals surface area contributed by atoms with Crippen molar-refractivity contribution < 1.29 is 4.92 Å². The first kappa shape index (κ1) is 17.3. The minimum atomic E-state index is -0.557. The molecule has 0 aliphatic rings. The van der Waals surface area contributed by atoms with Gasteiger partial charge in [0.1, 0.15) is 0 Å². The lowest BCUT2D eigenvalue weighted by Gasteiger charge is -2.12. The molecule has 118 valence electrons. The highest BCUT2D eigenvalue weighted by Gasteiger charge is 2.18. The molecule has 23 heavy (non-hydrogen) atoms. The fourth-order valence-corrected chi connectivity index (χ4v) is 3.10. The van der Waals surface area contributed by atoms with Gasteiger partial charge in [0.25, 0.3) is 5.69 Å². The number of hydrogen-bond acceptors (Lipinski definition) is 3. The highest BCUT2D eigenvalue weighted by Crippen LogP contribution is 2.39. The molecule has 4 nitrogen and oxygen atoms in total. The van der Waals surface area contributed by atoms with Crippen molar-refractivity contribution in [3.8, 4) is 17.2 Å². The minimum Gasteiger partial charge on any atom is -0.258 e. The lowest BCUT2D eigenvalue weighted by Crippen LogP contribution is -1.96. The normalized spacial score (nSPS) is 10.6. The molecule has 6 heteroatoms. The molecule has 0 N–H and O–H groups in total. The molecule has 0 aliphatic carbocycles. The van der Waals surface area contributed by atoms with E-state index >= 15 is 0 Å². The zero-order valence-corrected chi connectivity index (χ0v) is 14.1. The molecule has 2 aromatic rings. The fourth-order valence-electron chi connectivity index (χ4n) is 2.42. The lowest BCUT2D eigenvalue weighted by atomic mass is 9.94. The summed E-state index contributed by atoms with van der Waals surface area (Å²) in [7, 11) is 0. The van der Waals surface area contributed by atoms with E-state index < -0.39 is 4.92 Å². The van der Waals surface area contributed by atoms with Crippen molar-refractivity contribution in [3.05, 3.63) is 61.6 Å². The fraction of sp³-hybridized carbons (Fsp3) is 0.235. The number of rotatable bonds is 4. The zero-order valence-electron chi connectivity index (χ0n) is 12.6. The van der Waals surface area contributed by atoms with E-state index in [0.29, 0.717) is 22.6 Å². The van der Waals surface area contributed by atoms with Crippen LogP contribution in [0.1, 0.15) is 25.0 Å². The van der Waals surface area contributed by atoms with Gasteiger partial charge in [-0.1, -0.05) is 49.2 Å². The third kappa shape index (κ3) is 3.82. The van der Waals surface area contributed by atoms with E-state index in [9.17, 15) is 15.4 Å². The Bertz CT molecular complexity index is 788. The van der Waals surface area contributed by atoms with Crippen molar-refractivity contribution in [2.75, 3.05) is 0 Å². The van der Waals surface area contributed by atoms with Crippen LogP contribution in [-0.4, -0.2) is 4.92 Å². The van der Waals surface area contributed by atoms with Crippen molar-refractivity contribution in [2.45, 2.75) is 20.3 Å². The van der Waals surface area contributed by atoms with Gasteiger partial charge in [0.15, 0.2) is 0 Å². The molecule has 2 rings (SSSR count). The van der Waals surface area contributed by atoms with Gasteiger partial charge in [0, 0.05) is 23.3 Å². The molecule has 0 aliphatic heterocycles. The molecule has 0 unspecified atom stereocenters. The second-order valence-corrected chi connectivity index (χ2v) is 6.45. The van der Waals surface area contributed by atoms with Crippen LogP contribution in [0, 0.1) is 27.4 Å². The molecule has 0 aromatic heterocycles. The summed E-state index contributed by atoms with van der Waals surface area (Å²) in [5.74, 6) is 0.471. The maximum absolute atomic E-state index is 10.9. The molecule has 0 amide bonds. The number of nitro benzene ring substituents is 1. The van der Waals surface area contributed by atoms with Crippen LogP contribution in [0.4, 0.5) is 5.69 Å². The Hall–Kier alpha value is -2.09. The first-order valence-electron chi connectivity index (χ1n) is 7.00. The van der Waals surface area contributed by atoms with Gasteiger partial charge in [-0.15, -0.1) is 0 Å². The van der Waals surface area contributed by atoms with E-state index in [4.69, 9.17) is 23.2 Å². The quantitative estimate of drug-likeness (QED) is 0.530. The molecule has 0 heterocycles. The summed E-state index contributed by atoms with van der Waals surface area (Å²) >= 11 is 12.3. The summed E-state index contributed by atoms with van der Waals surface area (Å²) in [5.41, 5.74) is 2.32. The van der Waals surface area contributed by atoms with Crippen LogP contribution in [0.2, 0.25) is 10.0 Å². The maximum atomic E-state index is 10.9. The number of non-ortho nitro benzene ring substituents is 1. The number of benzene rings is 2. The highest BCUT2D eigenvalue weighted by molar-refractivity contribution is 6.39. The molecule has 0 atom stereocenters. The van der Waals surface area contributed by atoms with Crippen LogP contribution in [0.15, 0.2) is 30.3 Å². The van der Waals surface area contributed by atoms with Crippen LogP contribution in [0.3, 0.4) is 0 Å². The summed E-state index contributed by atoms with van der Waals surface area (Å²) in [6.45, 7) is 4.20. The number of nitro groups is 1. The van der Waals surface area contributed by atoms with Crippen LogP contribution < -0.4 is 0 Å². The Kier molecular flexibility index (Phi) is 5.25. The van der Waals surface area contributed by atoms with Gasteiger partial charge in [-0.25, -0.2) is 0 Å². The van der Waals surface area contributed by atoms with Crippen molar-refractivity contribution >= 4 is 28.9 Å². The minimum absolute atomic E-state index is 0.150. The molecule has 0 saturated carbocycles. The molecular formula is C17H14Cl2N2O2. The van der Waals surface area contributed by atoms with Crippen molar-refractivity contribution in [3.63, 3.8) is 0 Å². The number of nitrogens with zero attached hydrogens (tertiary/aromatic N) is 2. The Morgan fingerprint density at radius 2 is 1.83 bits per heavy atom. The van der Waals surface area contributed by atoms with Gasteiger partial charge in [0.2, 0.25) is 0 Å². The maximum Gasteiger partial charge on any atom is 0.272 e. The first-order chi connectivity index (χ1) is 10.8. The van der Waals surface area contributed by atoms with E-state index in [1.807, 2.05) is 12.1 Å². The second-order valence-electron chi connectivity index (χ2n) is 5.63. The van der Waals surface area contributed by atoms with Crippen LogP contribution in [0.25, 0.3) is 11.1 Å². The average Bonchev–Trinajstić information content (AvgIpc) is 2.46. The number of halogens is 2. The smallest absolute Gasteiger partial charge is 0.258 e. The number of hydrogen-bond donors (Lipinski definition) is 0. The number of nitriles is 1. The summed E-state index contributed by atoms with van der Waals surface area (Å²) in [6.07, 6.45) is 0.858. The van der Waals surface area contributed by atoms with Gasteiger partial charge in [-0.05, 0) is 24.0 Å². The SMILES string of the molecule is CC(C)Cc1ccc(-c2c(Cl)cc([N+](=O)[O-])cc2Cl)c(C#N)c1. The van der Waals surface area contributed by atoms with Gasteiger partial charge < -0.3 is 0 Å². The van der Waals surface area contributed by atoms with E-state index in [-0.39, 0.29) is 15.7 Å². The Morgan fingerprint density at radius 3 is 2.30 bits per heavy atom. The average molecular weight is 349 g/mol. The van der Waals surface area contributed by atoms with E-state index in [1.165, 1.54) is 12.1 Å². The summed E-state index contributed by atoms with van der Waals surface area (Å²) < 4.78 is 0. The topological polar surface area (TPSA) is 66.9 Å².